The number of amides is 1. The van der Waals surface area contributed by atoms with Crippen LogP contribution in [-0.4, -0.2) is 62.8 Å². The molecule has 4 aromatic rings. The van der Waals surface area contributed by atoms with Crippen LogP contribution in [0.1, 0.15) is 36.6 Å². The van der Waals surface area contributed by atoms with Gasteiger partial charge in [0.25, 0.3) is 0 Å². The lowest BCUT2D eigenvalue weighted by Gasteiger charge is -2.33. The van der Waals surface area contributed by atoms with Gasteiger partial charge in [-0.1, -0.05) is 36.9 Å². The fourth-order valence-corrected chi connectivity index (χ4v) is 5.87. The molecule has 9 heteroatoms. The fraction of sp³-hybridized carbons (Fsp3) is 0.355. The monoisotopic (exact) mass is 537 g/mol. The van der Waals surface area contributed by atoms with Crippen molar-refractivity contribution < 1.29 is 9.53 Å². The number of rotatable bonds is 7. The third kappa shape index (κ3) is 4.81. The van der Waals surface area contributed by atoms with E-state index in [9.17, 15) is 4.79 Å². The van der Waals surface area contributed by atoms with Crippen LogP contribution in [0.2, 0.25) is 0 Å². The van der Waals surface area contributed by atoms with Gasteiger partial charge in [0.15, 0.2) is 5.82 Å². The van der Waals surface area contributed by atoms with Crippen LogP contribution in [-0.2, 0) is 17.8 Å². The lowest BCUT2D eigenvalue weighted by molar-refractivity contribution is -0.111. The minimum Gasteiger partial charge on any atom is -0.461 e. The summed E-state index contributed by atoms with van der Waals surface area (Å²) in [7, 11) is 2.14. The predicted molar refractivity (Wildman–Crippen MR) is 157 cm³/mol. The van der Waals surface area contributed by atoms with E-state index in [2.05, 4.69) is 84.1 Å². The topological polar surface area (TPSA) is 88.4 Å². The van der Waals surface area contributed by atoms with Gasteiger partial charge in [0.05, 0.1) is 35.9 Å². The summed E-state index contributed by atoms with van der Waals surface area (Å²) in [6.07, 6.45) is 7.58. The number of nitrogens with one attached hydrogen (secondary N) is 1. The van der Waals surface area contributed by atoms with Crippen molar-refractivity contribution in [1.82, 2.24) is 24.6 Å². The van der Waals surface area contributed by atoms with Crippen molar-refractivity contribution >= 4 is 28.1 Å². The largest absolute Gasteiger partial charge is 0.461 e. The number of nitrogens with zero attached hydrogens (tertiary/aromatic N) is 6. The Morgan fingerprint density at radius 2 is 2.02 bits per heavy atom. The standard InChI is InChI=1S/C31H35N7O2/c1-5-27(39)33-23-17-32-38(18-23)29-24-13-16-37(26-12-7-11-22-10-6-9-21(2)28(22)26)19-25(24)34-30(35-29)40-20-31(3)14-8-15-36(31)4/h5-7,9-12,17-18H,1,8,13-16,19-20H2,2-4H3,(H,33,39). The van der Waals surface area contributed by atoms with Gasteiger partial charge in [0.2, 0.25) is 5.91 Å². The minimum absolute atomic E-state index is 0.0558. The van der Waals surface area contributed by atoms with Crippen molar-refractivity contribution in [3.63, 3.8) is 0 Å². The molecule has 0 spiro atoms. The molecule has 4 heterocycles. The highest BCUT2D eigenvalue weighted by molar-refractivity contribution is 5.98. The van der Waals surface area contributed by atoms with Crippen LogP contribution < -0.4 is 15.0 Å². The molecule has 2 aromatic carbocycles. The first-order valence-electron chi connectivity index (χ1n) is 13.8. The van der Waals surface area contributed by atoms with Crippen LogP contribution in [0.15, 0.2) is 61.4 Å². The van der Waals surface area contributed by atoms with Gasteiger partial charge in [-0.3, -0.25) is 9.69 Å². The molecule has 40 heavy (non-hydrogen) atoms. The number of carbonyl (C=O) groups is 1. The summed E-state index contributed by atoms with van der Waals surface area (Å²) in [4.78, 5) is 26.4. The molecule has 1 saturated heterocycles. The molecule has 6 rings (SSSR count). The Kier molecular flexibility index (Phi) is 6.75. The molecular weight excluding hydrogens is 502 g/mol. The Hall–Kier alpha value is -4.24. The summed E-state index contributed by atoms with van der Waals surface area (Å²) in [5.74, 6) is 0.390. The number of likely N-dealkylation sites (tertiary alicyclic amines) is 1. The van der Waals surface area contributed by atoms with E-state index in [-0.39, 0.29) is 11.4 Å². The maximum atomic E-state index is 11.8. The van der Waals surface area contributed by atoms with Gasteiger partial charge in [0, 0.05) is 23.2 Å². The van der Waals surface area contributed by atoms with E-state index >= 15 is 0 Å². The van der Waals surface area contributed by atoms with Gasteiger partial charge in [-0.15, -0.1) is 0 Å². The second kappa shape index (κ2) is 10.4. The molecule has 2 aliphatic rings. The number of hydrogen-bond donors (Lipinski definition) is 1. The lowest BCUT2D eigenvalue weighted by atomic mass is 10.00. The molecule has 9 nitrogen and oxygen atoms in total. The van der Waals surface area contributed by atoms with Crippen LogP contribution in [0, 0.1) is 6.92 Å². The van der Waals surface area contributed by atoms with Gasteiger partial charge < -0.3 is 15.0 Å². The van der Waals surface area contributed by atoms with Gasteiger partial charge >= 0.3 is 6.01 Å². The third-order valence-corrected chi connectivity index (χ3v) is 8.35. The molecule has 1 N–H and O–H groups in total. The number of anilines is 2. The zero-order valence-corrected chi connectivity index (χ0v) is 23.4. The third-order valence-electron chi connectivity index (χ3n) is 8.35. The van der Waals surface area contributed by atoms with E-state index in [1.54, 1.807) is 17.1 Å². The Labute approximate surface area is 234 Å². The maximum absolute atomic E-state index is 11.8. The smallest absolute Gasteiger partial charge is 0.318 e. The van der Waals surface area contributed by atoms with Crippen molar-refractivity contribution in [2.45, 2.75) is 45.2 Å². The summed E-state index contributed by atoms with van der Waals surface area (Å²) in [5, 5.41) is 9.79. The number of likely N-dealkylation sites (N-methyl/N-ethyl adjacent to an activating group) is 1. The highest BCUT2D eigenvalue weighted by Gasteiger charge is 2.35. The molecular formula is C31H35N7O2. The van der Waals surface area contributed by atoms with Gasteiger partial charge in [-0.2, -0.15) is 15.1 Å². The van der Waals surface area contributed by atoms with E-state index in [1.165, 1.54) is 28.1 Å². The van der Waals surface area contributed by atoms with Crippen LogP contribution in [0.3, 0.4) is 0 Å². The number of aryl methyl sites for hydroxylation is 1. The van der Waals surface area contributed by atoms with E-state index < -0.39 is 0 Å². The highest BCUT2D eigenvalue weighted by Crippen LogP contribution is 2.35. The van der Waals surface area contributed by atoms with Gasteiger partial charge in [-0.25, -0.2) is 4.68 Å². The number of fused-ring (bicyclic) bond motifs is 2. The second-order valence-electron chi connectivity index (χ2n) is 11.1. The molecule has 206 valence electrons. The molecule has 1 unspecified atom stereocenters. The molecule has 0 aliphatic carbocycles. The van der Waals surface area contributed by atoms with Crippen molar-refractivity contribution in [3.8, 4) is 11.8 Å². The summed E-state index contributed by atoms with van der Waals surface area (Å²) < 4.78 is 8.01. The molecule has 1 amide bonds. The molecule has 1 atom stereocenters. The van der Waals surface area contributed by atoms with Gasteiger partial charge in [-0.05, 0) is 69.8 Å². The Morgan fingerprint density at radius 1 is 1.20 bits per heavy atom. The molecule has 2 aromatic heterocycles. The SMILES string of the molecule is C=CC(=O)Nc1cnn(-c2nc(OCC3(C)CCCN3C)nc3c2CCN(c2cccc4cccc(C)c24)C3)c1. The summed E-state index contributed by atoms with van der Waals surface area (Å²) in [6, 6.07) is 13.3. The normalized spacial score (nSPS) is 19.0. The van der Waals surface area contributed by atoms with Gasteiger partial charge in [0.1, 0.15) is 6.61 Å². The number of ether oxygens (including phenoxy) is 1. The van der Waals surface area contributed by atoms with Crippen LogP contribution in [0.5, 0.6) is 6.01 Å². The van der Waals surface area contributed by atoms with Crippen molar-refractivity contribution in [2.75, 3.05) is 37.0 Å². The van der Waals surface area contributed by atoms with E-state index in [0.29, 0.717) is 30.7 Å². The predicted octanol–water partition coefficient (Wildman–Crippen LogP) is 4.67. The Morgan fingerprint density at radius 3 is 2.80 bits per heavy atom. The van der Waals surface area contributed by atoms with Crippen LogP contribution in [0.25, 0.3) is 16.6 Å². The van der Waals surface area contributed by atoms with Crippen molar-refractivity contribution in [3.05, 3.63) is 78.3 Å². The summed E-state index contributed by atoms with van der Waals surface area (Å²) in [6.45, 7) is 10.9. The molecule has 0 bridgehead atoms. The fourth-order valence-electron chi connectivity index (χ4n) is 5.87. The second-order valence-corrected chi connectivity index (χ2v) is 11.1. The first-order valence-corrected chi connectivity index (χ1v) is 13.8. The summed E-state index contributed by atoms with van der Waals surface area (Å²) in [5.41, 5.74) is 4.94. The number of benzene rings is 2. The quantitative estimate of drug-likeness (QED) is 0.343. The van der Waals surface area contributed by atoms with Crippen molar-refractivity contribution in [1.29, 1.82) is 0 Å². The highest BCUT2D eigenvalue weighted by atomic mass is 16.5. The molecule has 0 saturated carbocycles. The molecule has 2 aliphatic heterocycles. The van der Waals surface area contributed by atoms with E-state index in [4.69, 9.17) is 14.7 Å². The zero-order valence-electron chi connectivity index (χ0n) is 23.4. The Balaban J connectivity index is 1.37. The average Bonchev–Trinajstić information content (AvgIpc) is 3.56. The molecule has 1 fully saturated rings. The number of aromatic nitrogens is 4. The number of carbonyl (C=O) groups excluding carboxylic acids is 1. The Bertz CT molecular complexity index is 1590. The zero-order chi connectivity index (χ0) is 27.9. The first-order chi connectivity index (χ1) is 19.3. The van der Waals surface area contributed by atoms with Crippen LogP contribution >= 0.6 is 0 Å². The lowest BCUT2D eigenvalue weighted by Crippen LogP contribution is -2.43. The summed E-state index contributed by atoms with van der Waals surface area (Å²) >= 11 is 0. The van der Waals surface area contributed by atoms with Crippen LogP contribution in [0.4, 0.5) is 11.4 Å². The first kappa shape index (κ1) is 26.0. The maximum Gasteiger partial charge on any atom is 0.318 e. The van der Waals surface area contributed by atoms with Crippen molar-refractivity contribution in [2.24, 2.45) is 0 Å². The molecule has 0 radical (unpaired) electrons. The number of hydrogen-bond acceptors (Lipinski definition) is 7. The van der Waals surface area contributed by atoms with E-state index in [0.717, 1.165) is 43.6 Å². The average molecular weight is 538 g/mol. The minimum atomic E-state index is -0.289. The van der Waals surface area contributed by atoms with E-state index in [1.807, 2.05) is 0 Å².